The Morgan fingerprint density at radius 1 is 1.47 bits per heavy atom. The summed E-state index contributed by atoms with van der Waals surface area (Å²) in [7, 11) is 1.75. The molecule has 0 saturated heterocycles. The molecular formula is C12H9BrFN3. The molecule has 1 heterocycles. The number of benzene rings is 1. The highest BCUT2D eigenvalue weighted by Gasteiger charge is 2.15. The quantitative estimate of drug-likeness (QED) is 0.810. The molecular weight excluding hydrogens is 285 g/mol. The van der Waals surface area contributed by atoms with E-state index in [0.717, 1.165) is 11.3 Å². The van der Waals surface area contributed by atoms with Crippen LogP contribution in [0.15, 0.2) is 22.7 Å². The predicted octanol–water partition coefficient (Wildman–Crippen LogP) is 3.17. The fraction of sp³-hybridized carbons (Fsp3) is 0.167. The first-order valence-corrected chi connectivity index (χ1v) is 5.73. The van der Waals surface area contributed by atoms with E-state index < -0.39 is 0 Å². The van der Waals surface area contributed by atoms with Gasteiger partial charge in [-0.15, -0.1) is 0 Å². The summed E-state index contributed by atoms with van der Waals surface area (Å²) in [6, 6.07) is 6.82. The molecule has 17 heavy (non-hydrogen) atoms. The molecule has 0 aliphatic carbocycles. The van der Waals surface area contributed by atoms with Gasteiger partial charge in [0.25, 0.3) is 0 Å². The normalized spacial score (nSPS) is 10.3. The summed E-state index contributed by atoms with van der Waals surface area (Å²) >= 11 is 3.34. The van der Waals surface area contributed by atoms with Gasteiger partial charge in [0, 0.05) is 12.6 Å². The molecule has 0 bridgehead atoms. The van der Waals surface area contributed by atoms with E-state index in [-0.39, 0.29) is 5.82 Å². The number of aromatic nitrogens is 2. The molecule has 2 aromatic rings. The topological polar surface area (TPSA) is 41.6 Å². The lowest BCUT2D eigenvalue weighted by Crippen LogP contribution is -1.95. The molecule has 0 spiro atoms. The second kappa shape index (κ2) is 4.30. The summed E-state index contributed by atoms with van der Waals surface area (Å²) < 4.78 is 15.4. The molecule has 0 aliphatic rings. The maximum atomic E-state index is 13.2. The third kappa shape index (κ3) is 1.96. The van der Waals surface area contributed by atoms with Gasteiger partial charge < -0.3 is 0 Å². The molecule has 0 unspecified atom stereocenters. The van der Waals surface area contributed by atoms with Crippen molar-refractivity contribution in [3.05, 3.63) is 39.7 Å². The Morgan fingerprint density at radius 2 is 2.18 bits per heavy atom. The number of hydrogen-bond donors (Lipinski definition) is 0. The predicted molar refractivity (Wildman–Crippen MR) is 65.8 cm³/mol. The fourth-order valence-corrected chi connectivity index (χ4v) is 2.33. The van der Waals surface area contributed by atoms with Gasteiger partial charge in [-0.1, -0.05) is 0 Å². The van der Waals surface area contributed by atoms with Crippen LogP contribution < -0.4 is 0 Å². The number of nitrogens with zero attached hydrogens (tertiary/aromatic N) is 3. The highest BCUT2D eigenvalue weighted by atomic mass is 79.9. The number of nitriles is 1. The Labute approximate surface area is 107 Å². The first-order chi connectivity index (χ1) is 8.04. The smallest absolute Gasteiger partial charge is 0.177 e. The lowest BCUT2D eigenvalue weighted by Gasteiger charge is -2.04. The van der Waals surface area contributed by atoms with Gasteiger partial charge in [-0.3, -0.25) is 4.68 Å². The van der Waals surface area contributed by atoms with E-state index >= 15 is 0 Å². The van der Waals surface area contributed by atoms with E-state index in [4.69, 9.17) is 5.26 Å². The Kier molecular flexibility index (Phi) is 2.99. The summed E-state index contributed by atoms with van der Waals surface area (Å²) in [5.74, 6) is -0.243. The van der Waals surface area contributed by atoms with Crippen LogP contribution in [0.3, 0.4) is 0 Å². The first kappa shape index (κ1) is 11.8. The molecule has 0 fully saturated rings. The van der Waals surface area contributed by atoms with Crippen LogP contribution in [-0.2, 0) is 7.05 Å². The monoisotopic (exact) mass is 293 g/mol. The summed E-state index contributed by atoms with van der Waals surface area (Å²) in [5.41, 5.74) is 2.48. The standard InChI is InChI=1S/C12H9BrFN3/c1-7-5-8(3-4-9(7)14)12-11(13)10(6-15)16-17(12)2/h3-5H,1-2H3. The van der Waals surface area contributed by atoms with E-state index in [0.29, 0.717) is 15.7 Å². The van der Waals surface area contributed by atoms with Crippen molar-refractivity contribution in [3.8, 4) is 17.3 Å². The van der Waals surface area contributed by atoms with Crippen LogP contribution in [-0.4, -0.2) is 9.78 Å². The van der Waals surface area contributed by atoms with Crippen LogP contribution >= 0.6 is 15.9 Å². The van der Waals surface area contributed by atoms with Gasteiger partial charge in [0.05, 0.1) is 10.2 Å². The highest BCUT2D eigenvalue weighted by molar-refractivity contribution is 9.10. The molecule has 0 N–H and O–H groups in total. The molecule has 1 aromatic heterocycles. The number of hydrogen-bond acceptors (Lipinski definition) is 2. The van der Waals surface area contributed by atoms with Crippen molar-refractivity contribution in [2.24, 2.45) is 7.05 Å². The zero-order valence-electron chi connectivity index (χ0n) is 9.33. The van der Waals surface area contributed by atoms with Gasteiger partial charge in [-0.25, -0.2) is 4.39 Å². The zero-order chi connectivity index (χ0) is 12.6. The van der Waals surface area contributed by atoms with Crippen molar-refractivity contribution in [2.75, 3.05) is 0 Å². The van der Waals surface area contributed by atoms with Crippen LogP contribution in [0.2, 0.25) is 0 Å². The van der Waals surface area contributed by atoms with Crippen LogP contribution in [0.1, 0.15) is 11.3 Å². The van der Waals surface area contributed by atoms with Gasteiger partial charge in [0.1, 0.15) is 11.9 Å². The second-order valence-corrected chi connectivity index (χ2v) is 4.50. The Morgan fingerprint density at radius 3 is 2.71 bits per heavy atom. The minimum atomic E-state index is -0.243. The molecule has 1 aromatic carbocycles. The highest BCUT2D eigenvalue weighted by Crippen LogP contribution is 2.31. The van der Waals surface area contributed by atoms with E-state index in [1.165, 1.54) is 6.07 Å². The number of rotatable bonds is 1. The lowest BCUT2D eigenvalue weighted by atomic mass is 10.1. The molecule has 0 saturated carbocycles. The SMILES string of the molecule is Cc1cc(-c2c(Br)c(C#N)nn2C)ccc1F. The molecule has 0 aliphatic heterocycles. The summed E-state index contributed by atoms with van der Waals surface area (Å²) in [6.07, 6.45) is 0. The van der Waals surface area contributed by atoms with E-state index in [1.807, 2.05) is 6.07 Å². The van der Waals surface area contributed by atoms with Crippen molar-refractivity contribution in [3.63, 3.8) is 0 Å². The van der Waals surface area contributed by atoms with Crippen molar-refractivity contribution in [1.82, 2.24) is 9.78 Å². The van der Waals surface area contributed by atoms with Gasteiger partial charge in [-0.2, -0.15) is 10.4 Å². The average Bonchev–Trinajstić information content (AvgIpc) is 2.58. The molecule has 0 radical (unpaired) electrons. The Bertz CT molecular complexity index is 625. The van der Waals surface area contributed by atoms with E-state index in [9.17, 15) is 4.39 Å². The van der Waals surface area contributed by atoms with Crippen LogP contribution in [0.5, 0.6) is 0 Å². The minimum absolute atomic E-state index is 0.243. The third-order valence-corrected chi connectivity index (χ3v) is 3.28. The molecule has 5 heteroatoms. The van der Waals surface area contributed by atoms with E-state index in [2.05, 4.69) is 21.0 Å². The van der Waals surface area contributed by atoms with Crippen molar-refractivity contribution in [1.29, 1.82) is 5.26 Å². The van der Waals surface area contributed by atoms with Crippen LogP contribution in [0, 0.1) is 24.1 Å². The summed E-state index contributed by atoms with van der Waals surface area (Å²) in [4.78, 5) is 0. The van der Waals surface area contributed by atoms with Gasteiger partial charge in [0.15, 0.2) is 5.69 Å². The summed E-state index contributed by atoms with van der Waals surface area (Å²) in [5, 5.41) is 13.0. The van der Waals surface area contributed by atoms with Crippen molar-refractivity contribution < 1.29 is 4.39 Å². The molecule has 2 rings (SSSR count). The molecule has 86 valence electrons. The van der Waals surface area contributed by atoms with Gasteiger partial charge in [-0.05, 0) is 46.6 Å². The zero-order valence-corrected chi connectivity index (χ0v) is 10.9. The fourth-order valence-electron chi connectivity index (χ4n) is 1.68. The van der Waals surface area contributed by atoms with E-state index in [1.54, 1.807) is 30.8 Å². The van der Waals surface area contributed by atoms with Crippen molar-refractivity contribution >= 4 is 15.9 Å². The van der Waals surface area contributed by atoms with Gasteiger partial charge in [0.2, 0.25) is 0 Å². The Balaban J connectivity index is 2.65. The maximum absolute atomic E-state index is 13.2. The minimum Gasteiger partial charge on any atom is -0.265 e. The van der Waals surface area contributed by atoms with Crippen molar-refractivity contribution in [2.45, 2.75) is 6.92 Å². The lowest BCUT2D eigenvalue weighted by molar-refractivity contribution is 0.618. The first-order valence-electron chi connectivity index (χ1n) is 4.93. The number of halogens is 2. The summed E-state index contributed by atoms with van der Waals surface area (Å²) in [6.45, 7) is 1.70. The Hall–Kier alpha value is -1.67. The van der Waals surface area contributed by atoms with Gasteiger partial charge >= 0.3 is 0 Å². The maximum Gasteiger partial charge on any atom is 0.177 e. The second-order valence-electron chi connectivity index (χ2n) is 3.71. The average molecular weight is 294 g/mol. The van der Waals surface area contributed by atoms with Crippen LogP contribution in [0.4, 0.5) is 4.39 Å². The largest absolute Gasteiger partial charge is 0.265 e. The molecule has 3 nitrogen and oxygen atoms in total. The molecule has 0 amide bonds. The molecule has 0 atom stereocenters. The van der Waals surface area contributed by atoms with Crippen LogP contribution in [0.25, 0.3) is 11.3 Å². The number of aryl methyl sites for hydroxylation is 2. The third-order valence-electron chi connectivity index (χ3n) is 2.53.